The lowest BCUT2D eigenvalue weighted by Gasteiger charge is -2.35. The molecule has 0 aliphatic rings. The number of nitrogens with zero attached hydrogens (tertiary/aromatic N) is 1. The predicted molar refractivity (Wildman–Crippen MR) is 76.6 cm³/mol. The summed E-state index contributed by atoms with van der Waals surface area (Å²) in [5.41, 5.74) is 7.74. The number of anilines is 1. The third kappa shape index (κ3) is 3.13. The smallest absolute Gasteiger partial charge is 0.256 e. The molecule has 1 aromatic rings. The Hall–Kier alpha value is -1.77. The second-order valence-corrected chi connectivity index (χ2v) is 5.47. The minimum Gasteiger partial charge on any atom is -0.398 e. The number of nitrogen functional groups attached to an aromatic ring is 1. The van der Waals surface area contributed by atoms with Crippen molar-refractivity contribution >= 4 is 11.6 Å². The Kier molecular flexibility index (Phi) is 4.17. The van der Waals surface area contributed by atoms with Gasteiger partial charge in [-0.3, -0.25) is 4.79 Å². The van der Waals surface area contributed by atoms with Gasteiger partial charge in [0.15, 0.2) is 0 Å². The van der Waals surface area contributed by atoms with Crippen molar-refractivity contribution in [2.24, 2.45) is 0 Å². The van der Waals surface area contributed by atoms with E-state index in [4.69, 9.17) is 5.73 Å². The first-order chi connectivity index (χ1) is 8.27. The van der Waals surface area contributed by atoms with Crippen molar-refractivity contribution in [3.63, 3.8) is 0 Å². The first-order valence-electron chi connectivity index (χ1n) is 6.06. The highest BCUT2D eigenvalue weighted by molar-refractivity contribution is 5.99. The van der Waals surface area contributed by atoms with Crippen LogP contribution in [0.25, 0.3) is 0 Å². The van der Waals surface area contributed by atoms with Crippen molar-refractivity contribution in [3.8, 4) is 0 Å². The van der Waals surface area contributed by atoms with Crippen molar-refractivity contribution in [1.82, 2.24) is 4.90 Å². The van der Waals surface area contributed by atoms with Crippen LogP contribution in [0, 0.1) is 6.92 Å². The van der Waals surface area contributed by atoms with Crippen molar-refractivity contribution in [3.05, 3.63) is 42.0 Å². The van der Waals surface area contributed by atoms with Gasteiger partial charge in [-0.05, 0) is 39.8 Å². The Balaban J connectivity index is 3.17. The van der Waals surface area contributed by atoms with E-state index in [0.29, 0.717) is 17.8 Å². The number of benzene rings is 1. The fourth-order valence-electron chi connectivity index (χ4n) is 1.79. The third-order valence-corrected chi connectivity index (χ3v) is 2.81. The molecule has 0 heterocycles. The molecule has 0 unspecified atom stereocenters. The molecule has 1 rings (SSSR count). The molecule has 98 valence electrons. The molecule has 0 aromatic heterocycles. The molecule has 0 atom stereocenters. The summed E-state index contributed by atoms with van der Waals surface area (Å²) in [5, 5.41) is 0. The monoisotopic (exact) mass is 246 g/mol. The topological polar surface area (TPSA) is 46.3 Å². The van der Waals surface area contributed by atoms with Gasteiger partial charge in [0.05, 0.1) is 5.56 Å². The average Bonchev–Trinajstić information content (AvgIpc) is 2.27. The lowest BCUT2D eigenvalue weighted by molar-refractivity contribution is 0.0617. The van der Waals surface area contributed by atoms with Gasteiger partial charge in [0.2, 0.25) is 0 Å². The minimum atomic E-state index is -0.262. The molecule has 0 bridgehead atoms. The van der Waals surface area contributed by atoms with Gasteiger partial charge < -0.3 is 10.6 Å². The van der Waals surface area contributed by atoms with E-state index in [1.54, 1.807) is 17.0 Å². The standard InChI is InChI=1S/C15H22N2O/c1-6-9-17(15(3,4)5)14(18)12-10-11(2)7-8-13(12)16/h6-8,10H,1,9,16H2,2-5H3. The van der Waals surface area contributed by atoms with E-state index < -0.39 is 0 Å². The van der Waals surface area contributed by atoms with E-state index in [0.717, 1.165) is 5.56 Å². The average molecular weight is 246 g/mol. The largest absolute Gasteiger partial charge is 0.398 e. The number of hydrogen-bond donors (Lipinski definition) is 1. The molecule has 0 saturated heterocycles. The summed E-state index contributed by atoms with van der Waals surface area (Å²) in [7, 11) is 0. The second-order valence-electron chi connectivity index (χ2n) is 5.47. The summed E-state index contributed by atoms with van der Waals surface area (Å²) < 4.78 is 0. The Morgan fingerprint density at radius 2 is 2.06 bits per heavy atom. The van der Waals surface area contributed by atoms with Gasteiger partial charge in [-0.2, -0.15) is 0 Å². The molecule has 0 saturated carbocycles. The number of rotatable bonds is 3. The molecule has 0 aliphatic heterocycles. The number of carbonyl (C=O) groups excluding carboxylic acids is 1. The fourth-order valence-corrected chi connectivity index (χ4v) is 1.79. The number of amides is 1. The summed E-state index contributed by atoms with van der Waals surface area (Å²) in [4.78, 5) is 14.3. The summed E-state index contributed by atoms with van der Waals surface area (Å²) in [5.74, 6) is -0.0522. The number of aryl methyl sites for hydroxylation is 1. The quantitative estimate of drug-likeness (QED) is 0.658. The molecule has 0 aliphatic carbocycles. The maximum Gasteiger partial charge on any atom is 0.256 e. The number of carbonyl (C=O) groups is 1. The van der Waals surface area contributed by atoms with E-state index in [2.05, 4.69) is 6.58 Å². The molecule has 0 fully saturated rings. The van der Waals surface area contributed by atoms with E-state index >= 15 is 0 Å². The molecule has 0 radical (unpaired) electrons. The molecule has 3 heteroatoms. The lowest BCUT2D eigenvalue weighted by Crippen LogP contribution is -2.45. The highest BCUT2D eigenvalue weighted by atomic mass is 16.2. The molecule has 3 nitrogen and oxygen atoms in total. The van der Waals surface area contributed by atoms with Gasteiger partial charge in [-0.25, -0.2) is 0 Å². The molecular formula is C15H22N2O. The van der Waals surface area contributed by atoms with E-state index in [1.165, 1.54) is 0 Å². The van der Waals surface area contributed by atoms with Crippen molar-refractivity contribution < 1.29 is 4.79 Å². The van der Waals surface area contributed by atoms with Crippen LogP contribution in [0.1, 0.15) is 36.7 Å². The van der Waals surface area contributed by atoms with Crippen molar-refractivity contribution in [1.29, 1.82) is 0 Å². The van der Waals surface area contributed by atoms with Crippen LogP contribution in [0.2, 0.25) is 0 Å². The van der Waals surface area contributed by atoms with Crippen LogP contribution in [0.5, 0.6) is 0 Å². The Bertz CT molecular complexity index is 458. The summed E-state index contributed by atoms with van der Waals surface area (Å²) in [6.07, 6.45) is 1.73. The summed E-state index contributed by atoms with van der Waals surface area (Å²) >= 11 is 0. The van der Waals surface area contributed by atoms with Gasteiger partial charge >= 0.3 is 0 Å². The normalized spacial score (nSPS) is 11.1. The van der Waals surface area contributed by atoms with Crippen molar-refractivity contribution in [2.75, 3.05) is 12.3 Å². The van der Waals surface area contributed by atoms with Crippen LogP contribution in [0.15, 0.2) is 30.9 Å². The van der Waals surface area contributed by atoms with Gasteiger partial charge in [-0.15, -0.1) is 6.58 Å². The van der Waals surface area contributed by atoms with Crippen LogP contribution in [0.4, 0.5) is 5.69 Å². The van der Waals surface area contributed by atoms with Crippen molar-refractivity contribution in [2.45, 2.75) is 33.2 Å². The van der Waals surface area contributed by atoms with Gasteiger partial charge in [0.25, 0.3) is 5.91 Å². The van der Waals surface area contributed by atoms with Crippen LogP contribution in [-0.2, 0) is 0 Å². The van der Waals surface area contributed by atoms with E-state index in [1.807, 2.05) is 39.8 Å². The molecule has 2 N–H and O–H groups in total. The second kappa shape index (κ2) is 5.25. The highest BCUT2D eigenvalue weighted by Gasteiger charge is 2.27. The predicted octanol–water partition coefficient (Wildman–Crippen LogP) is 3.00. The maximum absolute atomic E-state index is 12.6. The molecule has 0 spiro atoms. The zero-order valence-electron chi connectivity index (χ0n) is 11.7. The van der Waals surface area contributed by atoms with E-state index in [-0.39, 0.29) is 11.4 Å². The minimum absolute atomic E-state index is 0.0522. The van der Waals surface area contributed by atoms with Gasteiger partial charge in [0, 0.05) is 17.8 Å². The summed E-state index contributed by atoms with van der Waals surface area (Å²) in [6, 6.07) is 5.51. The Labute approximate surface area is 109 Å². The molecule has 18 heavy (non-hydrogen) atoms. The number of nitrogens with two attached hydrogens (primary N) is 1. The first-order valence-corrected chi connectivity index (χ1v) is 6.06. The first kappa shape index (κ1) is 14.3. The third-order valence-electron chi connectivity index (χ3n) is 2.81. The molecule has 1 aromatic carbocycles. The van der Waals surface area contributed by atoms with E-state index in [9.17, 15) is 4.79 Å². The lowest BCUT2D eigenvalue weighted by atomic mass is 10.0. The summed E-state index contributed by atoms with van der Waals surface area (Å²) in [6.45, 7) is 12.2. The molecular weight excluding hydrogens is 224 g/mol. The fraction of sp³-hybridized carbons (Fsp3) is 0.400. The van der Waals surface area contributed by atoms with Gasteiger partial charge in [0.1, 0.15) is 0 Å². The Morgan fingerprint density at radius 3 is 2.56 bits per heavy atom. The zero-order valence-corrected chi connectivity index (χ0v) is 11.7. The molecule has 1 amide bonds. The van der Waals surface area contributed by atoms with Crippen LogP contribution in [-0.4, -0.2) is 22.9 Å². The number of hydrogen-bond acceptors (Lipinski definition) is 2. The van der Waals surface area contributed by atoms with Crippen LogP contribution in [0.3, 0.4) is 0 Å². The van der Waals surface area contributed by atoms with Gasteiger partial charge in [-0.1, -0.05) is 17.7 Å². The SMILES string of the molecule is C=CCN(C(=O)c1cc(C)ccc1N)C(C)(C)C. The maximum atomic E-state index is 12.6. The zero-order chi connectivity index (χ0) is 13.9. The van der Waals surface area contributed by atoms with Crippen LogP contribution >= 0.6 is 0 Å². The Morgan fingerprint density at radius 1 is 1.44 bits per heavy atom. The highest BCUT2D eigenvalue weighted by Crippen LogP contribution is 2.21. The van der Waals surface area contributed by atoms with Crippen LogP contribution < -0.4 is 5.73 Å².